The zero-order valence-electron chi connectivity index (χ0n) is 13.7. The van der Waals surface area contributed by atoms with Gasteiger partial charge in [0.2, 0.25) is 5.91 Å². The van der Waals surface area contributed by atoms with Gasteiger partial charge in [-0.2, -0.15) is 0 Å². The lowest BCUT2D eigenvalue weighted by atomic mass is 9.76. The second-order valence-corrected chi connectivity index (χ2v) is 7.45. The molecule has 4 rings (SSSR count). The second kappa shape index (κ2) is 5.66. The van der Waals surface area contributed by atoms with Crippen molar-refractivity contribution in [3.05, 3.63) is 35.4 Å². The second-order valence-electron chi connectivity index (χ2n) is 7.45. The molecule has 3 aliphatic rings. The van der Waals surface area contributed by atoms with Gasteiger partial charge in [0.15, 0.2) is 0 Å². The minimum atomic E-state index is 0.152. The predicted molar refractivity (Wildman–Crippen MR) is 88.0 cm³/mol. The number of hydrogen-bond donors (Lipinski definition) is 0. The van der Waals surface area contributed by atoms with Crippen LogP contribution in [-0.2, 0) is 4.79 Å². The number of aryl methyl sites for hydroxylation is 1. The summed E-state index contributed by atoms with van der Waals surface area (Å²) in [6, 6.07) is 8.22. The van der Waals surface area contributed by atoms with Gasteiger partial charge in [0.1, 0.15) is 0 Å². The number of carbonyl (C=O) groups excluding carboxylic acids is 2. The summed E-state index contributed by atoms with van der Waals surface area (Å²) in [6.07, 6.45) is 4.00. The van der Waals surface area contributed by atoms with E-state index in [0.29, 0.717) is 30.2 Å². The highest BCUT2D eigenvalue weighted by Gasteiger charge is 2.44. The number of rotatable bonds is 1. The van der Waals surface area contributed by atoms with Gasteiger partial charge in [0.25, 0.3) is 5.91 Å². The molecule has 1 aromatic rings. The molecule has 0 unspecified atom stereocenters. The summed E-state index contributed by atoms with van der Waals surface area (Å²) < 4.78 is 0. The van der Waals surface area contributed by atoms with Crippen molar-refractivity contribution in [2.45, 2.75) is 38.6 Å². The van der Waals surface area contributed by atoms with Crippen molar-refractivity contribution in [3.63, 3.8) is 0 Å². The van der Waals surface area contributed by atoms with E-state index in [2.05, 4.69) is 4.90 Å². The maximum atomic E-state index is 12.9. The molecule has 0 N–H and O–H groups in total. The quantitative estimate of drug-likeness (QED) is 0.799. The van der Waals surface area contributed by atoms with Gasteiger partial charge in [-0.25, -0.2) is 0 Å². The van der Waals surface area contributed by atoms with E-state index >= 15 is 0 Å². The molecular formula is C19H24N2O2. The minimum absolute atomic E-state index is 0.152. The number of carbonyl (C=O) groups is 2. The number of likely N-dealkylation sites (tertiary alicyclic amines) is 1. The molecule has 3 saturated heterocycles. The SMILES string of the molecule is Cc1cccc(C(=O)N2C[C@H]3C[C@H](C2)[C@H]2CCCC(=O)N2C3)c1. The number of amides is 2. The fourth-order valence-corrected chi connectivity index (χ4v) is 4.74. The van der Waals surface area contributed by atoms with Crippen molar-refractivity contribution in [1.82, 2.24) is 9.80 Å². The van der Waals surface area contributed by atoms with Gasteiger partial charge in [-0.3, -0.25) is 9.59 Å². The Balaban J connectivity index is 1.53. The van der Waals surface area contributed by atoms with E-state index in [9.17, 15) is 9.59 Å². The highest BCUT2D eigenvalue weighted by molar-refractivity contribution is 5.94. The molecule has 1 aromatic carbocycles. The van der Waals surface area contributed by atoms with E-state index in [1.807, 2.05) is 36.1 Å². The van der Waals surface area contributed by atoms with Crippen molar-refractivity contribution < 1.29 is 9.59 Å². The Morgan fingerprint density at radius 2 is 2.09 bits per heavy atom. The van der Waals surface area contributed by atoms with Crippen LogP contribution in [0.2, 0.25) is 0 Å². The monoisotopic (exact) mass is 312 g/mol. The fraction of sp³-hybridized carbons (Fsp3) is 0.579. The molecule has 0 saturated carbocycles. The van der Waals surface area contributed by atoms with Gasteiger partial charge in [-0.1, -0.05) is 17.7 Å². The summed E-state index contributed by atoms with van der Waals surface area (Å²) in [5.41, 5.74) is 1.92. The van der Waals surface area contributed by atoms with E-state index < -0.39 is 0 Å². The Kier molecular flexibility index (Phi) is 3.63. The maximum Gasteiger partial charge on any atom is 0.253 e. The van der Waals surface area contributed by atoms with E-state index in [0.717, 1.165) is 43.6 Å². The number of benzene rings is 1. The van der Waals surface area contributed by atoms with Crippen LogP contribution >= 0.6 is 0 Å². The smallest absolute Gasteiger partial charge is 0.253 e. The van der Waals surface area contributed by atoms with Crippen LogP contribution in [0.3, 0.4) is 0 Å². The molecular weight excluding hydrogens is 288 g/mol. The first kappa shape index (κ1) is 14.7. The minimum Gasteiger partial charge on any atom is -0.339 e. The summed E-state index contributed by atoms with van der Waals surface area (Å²) >= 11 is 0. The van der Waals surface area contributed by atoms with E-state index in [1.54, 1.807) is 0 Å². The Morgan fingerprint density at radius 1 is 1.22 bits per heavy atom. The highest BCUT2D eigenvalue weighted by atomic mass is 16.2. The summed E-state index contributed by atoms with van der Waals surface area (Å²) in [4.78, 5) is 29.2. The van der Waals surface area contributed by atoms with Gasteiger partial charge in [0.05, 0.1) is 0 Å². The van der Waals surface area contributed by atoms with Crippen LogP contribution in [0.25, 0.3) is 0 Å². The third-order valence-corrected chi connectivity index (χ3v) is 5.73. The maximum absolute atomic E-state index is 12.9. The highest BCUT2D eigenvalue weighted by Crippen LogP contribution is 2.38. The molecule has 0 aromatic heterocycles. The Morgan fingerprint density at radius 3 is 2.91 bits per heavy atom. The van der Waals surface area contributed by atoms with Crippen LogP contribution in [0.1, 0.15) is 41.6 Å². The van der Waals surface area contributed by atoms with Crippen LogP contribution < -0.4 is 0 Å². The van der Waals surface area contributed by atoms with Gasteiger partial charge in [0, 0.05) is 37.7 Å². The average Bonchev–Trinajstić information content (AvgIpc) is 2.55. The molecule has 3 heterocycles. The Bertz CT molecular complexity index is 642. The molecule has 0 aliphatic carbocycles. The van der Waals surface area contributed by atoms with Crippen LogP contribution in [0.5, 0.6) is 0 Å². The number of nitrogens with zero attached hydrogens (tertiary/aromatic N) is 2. The summed E-state index contributed by atoms with van der Waals surface area (Å²) in [6.45, 7) is 4.46. The first-order chi connectivity index (χ1) is 11.1. The van der Waals surface area contributed by atoms with Crippen molar-refractivity contribution >= 4 is 11.8 Å². The molecule has 122 valence electrons. The topological polar surface area (TPSA) is 40.6 Å². The van der Waals surface area contributed by atoms with Gasteiger partial charge >= 0.3 is 0 Å². The lowest BCUT2D eigenvalue weighted by Crippen LogP contribution is -2.61. The zero-order valence-corrected chi connectivity index (χ0v) is 13.7. The van der Waals surface area contributed by atoms with Crippen molar-refractivity contribution in [2.24, 2.45) is 11.8 Å². The molecule has 23 heavy (non-hydrogen) atoms. The lowest BCUT2D eigenvalue weighted by Gasteiger charge is -2.52. The van der Waals surface area contributed by atoms with Gasteiger partial charge < -0.3 is 9.80 Å². The molecule has 4 nitrogen and oxygen atoms in total. The first-order valence-electron chi connectivity index (χ1n) is 8.77. The average molecular weight is 312 g/mol. The molecule has 0 radical (unpaired) electrons. The summed E-state index contributed by atoms with van der Waals surface area (Å²) in [7, 11) is 0. The molecule has 2 bridgehead atoms. The Hall–Kier alpha value is -1.84. The molecule has 4 heteroatoms. The number of fused-ring (bicyclic) bond motifs is 4. The molecule has 3 fully saturated rings. The molecule has 3 aliphatic heterocycles. The van der Waals surface area contributed by atoms with Crippen molar-refractivity contribution in [3.8, 4) is 0 Å². The standard InChI is InChI=1S/C19H24N2O2/c1-13-4-2-5-15(8-13)19(23)20-10-14-9-16(12-20)17-6-3-7-18(22)21(17)11-14/h2,4-5,8,14,16-17H,3,6-7,9-12H2,1H3/t14-,16-,17-/m1/s1. The van der Waals surface area contributed by atoms with Gasteiger partial charge in [-0.05, 0) is 50.2 Å². The van der Waals surface area contributed by atoms with E-state index in [-0.39, 0.29) is 5.91 Å². The van der Waals surface area contributed by atoms with Gasteiger partial charge in [-0.15, -0.1) is 0 Å². The van der Waals surface area contributed by atoms with Crippen LogP contribution in [0, 0.1) is 18.8 Å². The number of piperidine rings is 3. The zero-order chi connectivity index (χ0) is 16.0. The number of hydrogen-bond acceptors (Lipinski definition) is 2. The summed E-state index contributed by atoms with van der Waals surface area (Å²) in [5, 5.41) is 0. The lowest BCUT2D eigenvalue weighted by molar-refractivity contribution is -0.144. The van der Waals surface area contributed by atoms with E-state index in [4.69, 9.17) is 0 Å². The fourth-order valence-electron chi connectivity index (χ4n) is 4.74. The normalized spacial score (nSPS) is 30.1. The van der Waals surface area contributed by atoms with Crippen LogP contribution in [-0.4, -0.2) is 47.3 Å². The molecule has 2 amide bonds. The molecule has 3 atom stereocenters. The largest absolute Gasteiger partial charge is 0.339 e. The predicted octanol–water partition coefficient (Wildman–Crippen LogP) is 2.47. The van der Waals surface area contributed by atoms with Crippen LogP contribution in [0.15, 0.2) is 24.3 Å². The van der Waals surface area contributed by atoms with Crippen molar-refractivity contribution in [2.75, 3.05) is 19.6 Å². The first-order valence-corrected chi connectivity index (χ1v) is 8.77. The van der Waals surface area contributed by atoms with Crippen LogP contribution in [0.4, 0.5) is 0 Å². The Labute approximate surface area is 137 Å². The third-order valence-electron chi connectivity index (χ3n) is 5.73. The summed E-state index contributed by atoms with van der Waals surface area (Å²) in [5.74, 6) is 1.38. The van der Waals surface area contributed by atoms with Crippen molar-refractivity contribution in [1.29, 1.82) is 0 Å². The molecule has 0 spiro atoms. The van der Waals surface area contributed by atoms with E-state index in [1.165, 1.54) is 6.42 Å². The third kappa shape index (κ3) is 2.64.